The molecule has 100 valence electrons. The van der Waals surface area contributed by atoms with E-state index < -0.39 is 0 Å². The van der Waals surface area contributed by atoms with Crippen LogP contribution in [0.1, 0.15) is 40.0 Å². The topological polar surface area (TPSA) is 32.3 Å². The van der Waals surface area contributed by atoms with E-state index in [2.05, 4.69) is 10.2 Å². The number of carbonyl (C=O) groups excluding carboxylic acids is 1. The summed E-state index contributed by atoms with van der Waals surface area (Å²) in [4.78, 5) is 14.2. The summed E-state index contributed by atoms with van der Waals surface area (Å²) in [6, 6.07) is 0. The van der Waals surface area contributed by atoms with Gasteiger partial charge in [0, 0.05) is 25.0 Å². The average Bonchev–Trinajstić information content (AvgIpc) is 2.66. The average molecular weight is 261 g/mol. The Kier molecular flexibility index (Phi) is 4.48. The lowest BCUT2D eigenvalue weighted by Gasteiger charge is -2.41. The van der Waals surface area contributed by atoms with Crippen LogP contribution in [0.15, 0.2) is 0 Å². The fourth-order valence-electron chi connectivity index (χ4n) is 2.88. The van der Waals surface area contributed by atoms with Gasteiger partial charge in [-0.25, -0.2) is 0 Å². The fourth-order valence-corrected chi connectivity index (χ4v) is 2.88. The molecule has 1 spiro atoms. The summed E-state index contributed by atoms with van der Waals surface area (Å²) in [6.45, 7) is 10.3. The Balaban J connectivity index is 0.00000144. The summed E-state index contributed by atoms with van der Waals surface area (Å²) in [5.74, 6) is 0.313. The lowest BCUT2D eigenvalue weighted by atomic mass is 9.77. The van der Waals surface area contributed by atoms with Gasteiger partial charge in [0.15, 0.2) is 0 Å². The number of rotatable bonds is 0. The van der Waals surface area contributed by atoms with Gasteiger partial charge >= 0.3 is 0 Å². The summed E-state index contributed by atoms with van der Waals surface area (Å²) >= 11 is 0. The molecule has 0 saturated carbocycles. The van der Waals surface area contributed by atoms with Crippen LogP contribution < -0.4 is 5.32 Å². The van der Waals surface area contributed by atoms with Gasteiger partial charge in [-0.1, -0.05) is 20.8 Å². The van der Waals surface area contributed by atoms with Crippen LogP contribution in [0, 0.1) is 10.8 Å². The third-order valence-electron chi connectivity index (χ3n) is 4.09. The maximum atomic E-state index is 12.1. The molecule has 0 atom stereocenters. The van der Waals surface area contributed by atoms with E-state index in [1.54, 1.807) is 0 Å². The van der Waals surface area contributed by atoms with Crippen LogP contribution in [-0.4, -0.2) is 37.0 Å². The molecule has 0 aromatic rings. The summed E-state index contributed by atoms with van der Waals surface area (Å²) < 4.78 is 0. The molecule has 1 amide bonds. The summed E-state index contributed by atoms with van der Waals surface area (Å²) in [5, 5.41) is 3.45. The van der Waals surface area contributed by atoms with E-state index in [0.29, 0.717) is 11.3 Å². The summed E-state index contributed by atoms with van der Waals surface area (Å²) in [7, 11) is 0. The second-order valence-corrected chi connectivity index (χ2v) is 6.47. The molecule has 0 radical (unpaired) electrons. The highest BCUT2D eigenvalue weighted by atomic mass is 35.5. The highest BCUT2D eigenvalue weighted by Gasteiger charge is 2.39. The van der Waals surface area contributed by atoms with Crippen molar-refractivity contribution in [3.63, 3.8) is 0 Å². The van der Waals surface area contributed by atoms with Crippen LogP contribution in [0.25, 0.3) is 0 Å². The number of likely N-dealkylation sites (tertiary alicyclic amines) is 1. The minimum Gasteiger partial charge on any atom is -0.342 e. The van der Waals surface area contributed by atoms with Crippen LogP contribution in [-0.2, 0) is 4.79 Å². The van der Waals surface area contributed by atoms with E-state index in [1.807, 2.05) is 20.8 Å². The summed E-state index contributed by atoms with van der Waals surface area (Å²) in [5.41, 5.74) is 0.285. The van der Waals surface area contributed by atoms with E-state index >= 15 is 0 Å². The van der Waals surface area contributed by atoms with Crippen molar-refractivity contribution in [2.24, 2.45) is 10.8 Å². The highest BCUT2D eigenvalue weighted by molar-refractivity contribution is 5.85. The van der Waals surface area contributed by atoms with E-state index in [0.717, 1.165) is 26.2 Å². The van der Waals surface area contributed by atoms with Crippen molar-refractivity contribution in [3.05, 3.63) is 0 Å². The van der Waals surface area contributed by atoms with Gasteiger partial charge in [-0.05, 0) is 31.2 Å². The molecule has 1 N–H and O–H groups in total. The van der Waals surface area contributed by atoms with Crippen molar-refractivity contribution >= 4 is 18.3 Å². The highest BCUT2D eigenvalue weighted by Crippen LogP contribution is 2.37. The number of piperidine rings is 1. The molecule has 2 aliphatic rings. The van der Waals surface area contributed by atoms with Crippen molar-refractivity contribution in [1.82, 2.24) is 10.2 Å². The quantitative estimate of drug-likeness (QED) is 0.723. The van der Waals surface area contributed by atoms with Gasteiger partial charge in [-0.2, -0.15) is 0 Å². The normalized spacial score (nSPS) is 23.6. The summed E-state index contributed by atoms with van der Waals surface area (Å²) in [6.07, 6.45) is 3.66. The first-order valence-electron chi connectivity index (χ1n) is 6.43. The van der Waals surface area contributed by atoms with Crippen LogP contribution in [0.5, 0.6) is 0 Å². The van der Waals surface area contributed by atoms with Gasteiger partial charge in [0.05, 0.1) is 0 Å². The van der Waals surface area contributed by atoms with Gasteiger partial charge in [0.25, 0.3) is 0 Å². The van der Waals surface area contributed by atoms with E-state index in [9.17, 15) is 4.79 Å². The lowest BCUT2D eigenvalue weighted by Crippen LogP contribution is -2.47. The number of nitrogens with zero attached hydrogens (tertiary/aromatic N) is 1. The first-order chi connectivity index (χ1) is 7.43. The number of carbonyl (C=O) groups is 1. The maximum absolute atomic E-state index is 12.1. The van der Waals surface area contributed by atoms with Crippen molar-refractivity contribution in [1.29, 1.82) is 0 Å². The zero-order valence-electron chi connectivity index (χ0n) is 11.2. The zero-order valence-corrected chi connectivity index (χ0v) is 12.0. The van der Waals surface area contributed by atoms with Crippen LogP contribution >= 0.6 is 12.4 Å². The second kappa shape index (κ2) is 5.15. The predicted octanol–water partition coefficient (Wildman–Crippen LogP) is 2.06. The molecule has 0 unspecified atom stereocenters. The van der Waals surface area contributed by atoms with E-state index in [4.69, 9.17) is 0 Å². The Bertz CT molecular complexity index is 270. The Morgan fingerprint density at radius 1 is 1.18 bits per heavy atom. The van der Waals surface area contributed by atoms with Crippen LogP contribution in [0.3, 0.4) is 0 Å². The molecule has 2 saturated heterocycles. The molecule has 0 bridgehead atoms. The van der Waals surface area contributed by atoms with E-state index in [-0.39, 0.29) is 17.8 Å². The van der Waals surface area contributed by atoms with E-state index in [1.165, 1.54) is 19.3 Å². The molecule has 2 fully saturated rings. The second-order valence-electron chi connectivity index (χ2n) is 6.47. The van der Waals surface area contributed by atoms with Gasteiger partial charge in [-0.15, -0.1) is 12.4 Å². The minimum atomic E-state index is -0.224. The third kappa shape index (κ3) is 3.14. The minimum absolute atomic E-state index is 0. The zero-order chi connectivity index (χ0) is 11.8. The Morgan fingerprint density at radius 2 is 1.76 bits per heavy atom. The Morgan fingerprint density at radius 3 is 2.18 bits per heavy atom. The number of hydrogen-bond acceptors (Lipinski definition) is 2. The van der Waals surface area contributed by atoms with Crippen molar-refractivity contribution in [3.8, 4) is 0 Å². The number of nitrogens with one attached hydrogen (secondary N) is 1. The van der Waals surface area contributed by atoms with Gasteiger partial charge in [-0.3, -0.25) is 4.79 Å². The monoisotopic (exact) mass is 260 g/mol. The van der Waals surface area contributed by atoms with Gasteiger partial charge < -0.3 is 10.2 Å². The first-order valence-corrected chi connectivity index (χ1v) is 6.43. The molecular formula is C13H25ClN2O. The molecule has 17 heavy (non-hydrogen) atoms. The number of amides is 1. The first kappa shape index (κ1) is 14.8. The molecule has 4 heteroatoms. The maximum Gasteiger partial charge on any atom is 0.227 e. The fraction of sp³-hybridized carbons (Fsp3) is 0.923. The number of halogens is 1. The molecule has 2 aliphatic heterocycles. The van der Waals surface area contributed by atoms with Crippen molar-refractivity contribution < 1.29 is 4.79 Å². The smallest absolute Gasteiger partial charge is 0.227 e. The molecule has 2 heterocycles. The largest absolute Gasteiger partial charge is 0.342 e. The Labute approximate surface area is 111 Å². The molecule has 0 aromatic heterocycles. The molecule has 0 aromatic carbocycles. The van der Waals surface area contributed by atoms with Crippen molar-refractivity contribution in [2.75, 3.05) is 26.2 Å². The standard InChI is InChI=1S/C13H24N2O.ClH/c1-12(2,3)11(16)15-8-5-13(6-9-15)4-7-14-10-13;/h14H,4-10H2,1-3H3;1H. The molecule has 0 aliphatic carbocycles. The Hall–Kier alpha value is -0.280. The SMILES string of the molecule is CC(C)(C)C(=O)N1CCC2(CCNC2)CC1.Cl. The van der Waals surface area contributed by atoms with Crippen LogP contribution in [0.4, 0.5) is 0 Å². The predicted molar refractivity (Wildman–Crippen MR) is 72.4 cm³/mol. The lowest BCUT2D eigenvalue weighted by molar-refractivity contribution is -0.141. The van der Waals surface area contributed by atoms with Gasteiger partial charge in [0.1, 0.15) is 0 Å². The molecular weight excluding hydrogens is 236 g/mol. The molecule has 3 nitrogen and oxygen atoms in total. The third-order valence-corrected chi connectivity index (χ3v) is 4.09. The van der Waals surface area contributed by atoms with Crippen molar-refractivity contribution in [2.45, 2.75) is 40.0 Å². The van der Waals surface area contributed by atoms with Gasteiger partial charge in [0.2, 0.25) is 5.91 Å². The van der Waals surface area contributed by atoms with Crippen LogP contribution in [0.2, 0.25) is 0 Å². The molecule has 2 rings (SSSR count). The number of hydrogen-bond donors (Lipinski definition) is 1.